The Morgan fingerprint density at radius 2 is 1.86 bits per heavy atom. The van der Waals surface area contributed by atoms with Crippen LogP contribution in [0, 0.1) is 5.92 Å². The van der Waals surface area contributed by atoms with E-state index in [9.17, 15) is 9.59 Å². The van der Waals surface area contributed by atoms with Crippen LogP contribution in [0.1, 0.15) is 55.4 Å². The Kier molecular flexibility index (Phi) is 7.42. The molecule has 8 nitrogen and oxygen atoms in total. The third kappa shape index (κ3) is 5.77. The molecule has 1 saturated carbocycles. The first-order valence-electron chi connectivity index (χ1n) is 10.6. The molecule has 1 aromatic heterocycles. The van der Waals surface area contributed by atoms with E-state index in [2.05, 4.69) is 22.3 Å². The number of aromatic nitrogens is 3. The predicted octanol–water partition coefficient (Wildman–Crippen LogP) is 1.48. The van der Waals surface area contributed by atoms with Gasteiger partial charge in [-0.3, -0.25) is 9.59 Å². The van der Waals surface area contributed by atoms with Crippen LogP contribution in [-0.2, 0) is 11.3 Å². The summed E-state index contributed by atoms with van der Waals surface area (Å²) in [6.45, 7) is 4.34. The predicted molar refractivity (Wildman–Crippen MR) is 107 cm³/mol. The Morgan fingerprint density at radius 3 is 2.57 bits per heavy atom. The quantitative estimate of drug-likeness (QED) is 0.705. The molecule has 2 fully saturated rings. The highest BCUT2D eigenvalue weighted by molar-refractivity contribution is 5.92. The van der Waals surface area contributed by atoms with Crippen LogP contribution in [0.25, 0.3) is 0 Å². The Morgan fingerprint density at radius 1 is 1.14 bits per heavy atom. The smallest absolute Gasteiger partial charge is 0.276 e. The Hall–Kier alpha value is -1.96. The molecular weight excluding hydrogens is 356 g/mol. The van der Waals surface area contributed by atoms with Crippen molar-refractivity contribution in [1.29, 1.82) is 0 Å². The molecule has 0 radical (unpaired) electrons. The summed E-state index contributed by atoms with van der Waals surface area (Å²) in [4.78, 5) is 30.7. The molecule has 0 bridgehead atoms. The van der Waals surface area contributed by atoms with Crippen LogP contribution >= 0.6 is 0 Å². The Balaban J connectivity index is 1.40. The van der Waals surface area contributed by atoms with Gasteiger partial charge in [-0.05, 0) is 19.4 Å². The number of amides is 2. The van der Waals surface area contributed by atoms with Crippen LogP contribution in [0.15, 0.2) is 6.20 Å². The van der Waals surface area contributed by atoms with Crippen LogP contribution in [0.5, 0.6) is 0 Å². The van der Waals surface area contributed by atoms with Gasteiger partial charge in [0.1, 0.15) is 0 Å². The largest absolute Gasteiger partial charge is 0.344 e. The fourth-order valence-corrected chi connectivity index (χ4v) is 4.05. The van der Waals surface area contributed by atoms with Crippen molar-refractivity contribution < 1.29 is 9.59 Å². The summed E-state index contributed by atoms with van der Waals surface area (Å²) in [5, 5.41) is 8.10. The van der Waals surface area contributed by atoms with Crippen molar-refractivity contribution in [2.45, 2.75) is 51.5 Å². The number of nitrogens with zero attached hydrogens (tertiary/aromatic N) is 6. The molecule has 1 aliphatic carbocycles. The van der Waals surface area contributed by atoms with Gasteiger partial charge in [0.15, 0.2) is 5.69 Å². The van der Waals surface area contributed by atoms with Crippen molar-refractivity contribution in [1.82, 2.24) is 29.7 Å². The average molecular weight is 391 g/mol. The van der Waals surface area contributed by atoms with Gasteiger partial charge in [0.25, 0.3) is 5.91 Å². The summed E-state index contributed by atoms with van der Waals surface area (Å²) in [5.74, 6) is 0.861. The van der Waals surface area contributed by atoms with Crippen molar-refractivity contribution in [3.63, 3.8) is 0 Å². The number of carbonyl (C=O) groups is 2. The summed E-state index contributed by atoms with van der Waals surface area (Å²) < 4.78 is 1.66. The lowest BCUT2D eigenvalue weighted by Gasteiger charge is -2.31. The van der Waals surface area contributed by atoms with Crippen molar-refractivity contribution in [2.75, 3.05) is 46.8 Å². The van der Waals surface area contributed by atoms with Crippen molar-refractivity contribution in [3.05, 3.63) is 11.9 Å². The molecule has 2 amide bonds. The Bertz CT molecular complexity index is 647. The zero-order chi connectivity index (χ0) is 19.9. The fourth-order valence-electron chi connectivity index (χ4n) is 4.05. The third-order valence-corrected chi connectivity index (χ3v) is 6.13. The minimum absolute atomic E-state index is 0.0590. The lowest BCUT2D eigenvalue weighted by molar-refractivity contribution is -0.130. The number of hydrogen-bond donors (Lipinski definition) is 0. The highest BCUT2D eigenvalue weighted by Gasteiger charge is 2.23. The first-order chi connectivity index (χ1) is 13.5. The second kappa shape index (κ2) is 10.0. The van der Waals surface area contributed by atoms with Gasteiger partial charge < -0.3 is 14.7 Å². The average Bonchev–Trinajstić information content (AvgIpc) is 3.20. The zero-order valence-electron chi connectivity index (χ0n) is 17.3. The van der Waals surface area contributed by atoms with Crippen LogP contribution in [0.3, 0.4) is 0 Å². The van der Waals surface area contributed by atoms with Gasteiger partial charge in [-0.2, -0.15) is 0 Å². The molecular formula is C20H34N6O2. The first kappa shape index (κ1) is 20.8. The minimum atomic E-state index is -0.0590. The minimum Gasteiger partial charge on any atom is -0.344 e. The van der Waals surface area contributed by atoms with E-state index in [4.69, 9.17) is 0 Å². The van der Waals surface area contributed by atoms with Gasteiger partial charge in [-0.15, -0.1) is 5.10 Å². The van der Waals surface area contributed by atoms with Crippen LogP contribution in [-0.4, -0.2) is 88.3 Å². The molecule has 3 rings (SSSR count). The van der Waals surface area contributed by atoms with E-state index in [0.29, 0.717) is 25.2 Å². The summed E-state index contributed by atoms with van der Waals surface area (Å²) >= 11 is 0. The second-order valence-electron chi connectivity index (χ2n) is 8.32. The molecule has 0 unspecified atom stereocenters. The lowest BCUT2D eigenvalue weighted by Crippen LogP contribution is -2.47. The summed E-state index contributed by atoms with van der Waals surface area (Å²) in [5.41, 5.74) is 0.385. The van der Waals surface area contributed by atoms with Crippen molar-refractivity contribution >= 4 is 11.8 Å². The van der Waals surface area contributed by atoms with Crippen LogP contribution in [0.2, 0.25) is 0 Å². The van der Waals surface area contributed by atoms with Gasteiger partial charge in [0.2, 0.25) is 5.91 Å². The molecule has 1 saturated heterocycles. The van der Waals surface area contributed by atoms with Gasteiger partial charge in [-0.1, -0.05) is 37.3 Å². The zero-order valence-corrected chi connectivity index (χ0v) is 17.3. The molecule has 156 valence electrons. The van der Waals surface area contributed by atoms with Crippen molar-refractivity contribution in [2.24, 2.45) is 5.92 Å². The fraction of sp³-hybridized carbons (Fsp3) is 0.800. The first-order valence-corrected chi connectivity index (χ1v) is 10.6. The summed E-state index contributed by atoms with van der Waals surface area (Å²) in [6.07, 6.45) is 9.87. The van der Waals surface area contributed by atoms with E-state index in [0.717, 1.165) is 38.5 Å². The lowest BCUT2D eigenvalue weighted by atomic mass is 9.86. The molecule has 0 aromatic carbocycles. The second-order valence-corrected chi connectivity index (χ2v) is 8.32. The topological polar surface area (TPSA) is 74.6 Å². The molecule has 0 spiro atoms. The van der Waals surface area contributed by atoms with E-state index in [1.165, 1.54) is 32.1 Å². The maximum absolute atomic E-state index is 12.5. The number of piperazine rings is 1. The number of rotatable bonds is 7. The normalized spacial score (nSPS) is 19.0. The number of carbonyl (C=O) groups excluding carboxylic acids is 2. The third-order valence-electron chi connectivity index (χ3n) is 6.13. The van der Waals surface area contributed by atoms with Gasteiger partial charge in [0.05, 0.1) is 12.7 Å². The van der Waals surface area contributed by atoms with E-state index >= 15 is 0 Å². The monoisotopic (exact) mass is 390 g/mol. The van der Waals surface area contributed by atoms with Crippen molar-refractivity contribution in [3.8, 4) is 0 Å². The maximum Gasteiger partial charge on any atom is 0.276 e. The van der Waals surface area contributed by atoms with E-state index in [1.807, 2.05) is 11.9 Å². The molecule has 1 aromatic rings. The van der Waals surface area contributed by atoms with E-state index < -0.39 is 0 Å². The van der Waals surface area contributed by atoms with Gasteiger partial charge in [0, 0.05) is 46.2 Å². The molecule has 0 N–H and O–H groups in total. The highest BCUT2D eigenvalue weighted by Crippen LogP contribution is 2.27. The maximum atomic E-state index is 12.5. The summed E-state index contributed by atoms with van der Waals surface area (Å²) in [7, 11) is 3.90. The Labute approximate surface area is 167 Å². The van der Waals surface area contributed by atoms with Gasteiger partial charge >= 0.3 is 0 Å². The standard InChI is InChI=1S/C20H34N6O2/c1-23-10-13-25(14-11-23)20(28)18-16-26(22-21-18)15-12-24(2)19(27)9-8-17-6-4-3-5-7-17/h16-17H,3-15H2,1-2H3. The molecule has 8 heteroatoms. The van der Waals surface area contributed by atoms with Crippen LogP contribution < -0.4 is 0 Å². The highest BCUT2D eigenvalue weighted by atomic mass is 16.2. The molecule has 1 aliphatic heterocycles. The van der Waals surface area contributed by atoms with E-state index in [-0.39, 0.29) is 11.8 Å². The van der Waals surface area contributed by atoms with Gasteiger partial charge in [-0.25, -0.2) is 4.68 Å². The molecule has 0 atom stereocenters. The van der Waals surface area contributed by atoms with Crippen LogP contribution in [0.4, 0.5) is 0 Å². The summed E-state index contributed by atoms with van der Waals surface area (Å²) in [6, 6.07) is 0. The van der Waals surface area contributed by atoms with E-state index in [1.54, 1.807) is 15.8 Å². The number of hydrogen-bond acceptors (Lipinski definition) is 5. The molecule has 28 heavy (non-hydrogen) atoms. The molecule has 2 aliphatic rings. The SMILES string of the molecule is CN1CCN(C(=O)c2cn(CCN(C)C(=O)CCC3CCCCC3)nn2)CC1. The number of likely N-dealkylation sites (N-methyl/N-ethyl adjacent to an activating group) is 2. The molecule has 2 heterocycles.